The monoisotopic (exact) mass is 392 g/mol. The maximum atomic E-state index is 12.9. The van der Waals surface area contributed by atoms with E-state index in [1.165, 1.54) is 5.56 Å². The molecule has 1 aromatic carbocycles. The van der Waals surface area contributed by atoms with Gasteiger partial charge >= 0.3 is 0 Å². The third-order valence-corrected chi connectivity index (χ3v) is 5.39. The van der Waals surface area contributed by atoms with Gasteiger partial charge in [-0.1, -0.05) is 55.8 Å². The Morgan fingerprint density at radius 3 is 2.62 bits per heavy atom. The lowest BCUT2D eigenvalue weighted by Crippen LogP contribution is -2.48. The summed E-state index contributed by atoms with van der Waals surface area (Å²) in [7, 11) is 2.06. The molecule has 154 valence electrons. The van der Waals surface area contributed by atoms with Crippen LogP contribution in [0.3, 0.4) is 0 Å². The maximum absolute atomic E-state index is 12.9. The van der Waals surface area contributed by atoms with Crippen LogP contribution < -0.4 is 4.90 Å². The molecule has 0 bridgehead atoms. The van der Waals surface area contributed by atoms with Crippen molar-refractivity contribution in [1.29, 1.82) is 0 Å². The first-order chi connectivity index (χ1) is 14.2. The smallest absolute Gasteiger partial charge is 0.255 e. The summed E-state index contributed by atoms with van der Waals surface area (Å²) in [6, 6.07) is 12.3. The van der Waals surface area contributed by atoms with Crippen molar-refractivity contribution >= 4 is 17.7 Å². The van der Waals surface area contributed by atoms with Crippen LogP contribution in [0.25, 0.3) is 6.08 Å². The van der Waals surface area contributed by atoms with Crippen molar-refractivity contribution in [1.82, 2.24) is 14.8 Å². The summed E-state index contributed by atoms with van der Waals surface area (Å²) in [5.41, 5.74) is 2.91. The third-order valence-electron chi connectivity index (χ3n) is 5.39. The fourth-order valence-electron chi connectivity index (χ4n) is 3.50. The van der Waals surface area contributed by atoms with Crippen LogP contribution in [0.5, 0.6) is 0 Å². The molecule has 0 N–H and O–H groups in total. The Bertz CT molecular complexity index is 798. The van der Waals surface area contributed by atoms with E-state index in [9.17, 15) is 4.79 Å². The average molecular weight is 393 g/mol. The molecule has 1 aliphatic rings. The standard InChI is InChI=1S/C24H32N4O/c1-3-4-12-26(2)23-18-22(19-25-20-23)24(29)28-16-14-27(15-17-28)13-8-11-21-9-6-5-7-10-21/h5-11,18-20H,3-4,12-17H2,1-2H3/b11-8+. The average Bonchev–Trinajstić information content (AvgIpc) is 2.78. The number of nitrogens with zero attached hydrogens (tertiary/aromatic N) is 4. The van der Waals surface area contributed by atoms with Crippen molar-refractivity contribution < 1.29 is 4.79 Å². The summed E-state index contributed by atoms with van der Waals surface area (Å²) in [6.07, 6.45) is 10.2. The minimum atomic E-state index is 0.0859. The zero-order valence-corrected chi connectivity index (χ0v) is 17.6. The topological polar surface area (TPSA) is 39.7 Å². The van der Waals surface area contributed by atoms with Crippen molar-refractivity contribution in [2.75, 3.05) is 51.2 Å². The molecule has 0 aliphatic carbocycles. The Balaban J connectivity index is 1.50. The molecule has 0 radical (unpaired) electrons. The van der Waals surface area contributed by atoms with Crippen LogP contribution in [0.4, 0.5) is 5.69 Å². The van der Waals surface area contributed by atoms with Crippen molar-refractivity contribution in [2.45, 2.75) is 19.8 Å². The van der Waals surface area contributed by atoms with Gasteiger partial charge in [0.05, 0.1) is 17.4 Å². The summed E-state index contributed by atoms with van der Waals surface area (Å²) in [4.78, 5) is 23.7. The van der Waals surface area contributed by atoms with Crippen LogP contribution in [0.2, 0.25) is 0 Å². The lowest BCUT2D eigenvalue weighted by molar-refractivity contribution is 0.0650. The fraction of sp³-hybridized carbons (Fsp3) is 0.417. The Kier molecular flexibility index (Phi) is 7.82. The van der Waals surface area contributed by atoms with E-state index in [0.29, 0.717) is 5.56 Å². The molecule has 0 spiro atoms. The van der Waals surface area contributed by atoms with Crippen LogP contribution in [0.15, 0.2) is 54.9 Å². The van der Waals surface area contributed by atoms with E-state index in [-0.39, 0.29) is 5.91 Å². The molecule has 1 saturated heterocycles. The molecule has 1 aromatic heterocycles. The minimum absolute atomic E-state index is 0.0859. The Hall–Kier alpha value is -2.66. The largest absolute Gasteiger partial charge is 0.373 e. The van der Waals surface area contributed by atoms with Gasteiger partial charge in [0.2, 0.25) is 0 Å². The fourth-order valence-corrected chi connectivity index (χ4v) is 3.50. The number of rotatable bonds is 8. The first-order valence-corrected chi connectivity index (χ1v) is 10.6. The summed E-state index contributed by atoms with van der Waals surface area (Å²) >= 11 is 0. The summed E-state index contributed by atoms with van der Waals surface area (Å²) in [5, 5.41) is 0. The molecule has 1 fully saturated rings. The van der Waals surface area contributed by atoms with Crippen molar-refractivity contribution in [3.8, 4) is 0 Å². The zero-order valence-electron chi connectivity index (χ0n) is 17.6. The number of aromatic nitrogens is 1. The number of amides is 1. The quantitative estimate of drug-likeness (QED) is 0.685. The molecule has 5 heteroatoms. The van der Waals surface area contributed by atoms with Gasteiger partial charge in [-0.25, -0.2) is 0 Å². The number of hydrogen-bond donors (Lipinski definition) is 0. The number of hydrogen-bond acceptors (Lipinski definition) is 4. The maximum Gasteiger partial charge on any atom is 0.255 e. The molecule has 1 aliphatic heterocycles. The van der Waals surface area contributed by atoms with E-state index in [1.807, 2.05) is 23.2 Å². The SMILES string of the molecule is CCCCN(C)c1cncc(C(=O)N2CCN(C/C=C/c3ccccc3)CC2)c1. The summed E-state index contributed by atoms with van der Waals surface area (Å²) < 4.78 is 0. The summed E-state index contributed by atoms with van der Waals surface area (Å²) in [5.74, 6) is 0.0859. The van der Waals surface area contributed by atoms with E-state index < -0.39 is 0 Å². The molecular formula is C24H32N4O. The van der Waals surface area contributed by atoms with Crippen LogP contribution in [-0.2, 0) is 0 Å². The molecular weight excluding hydrogens is 360 g/mol. The van der Waals surface area contributed by atoms with Crippen molar-refractivity contribution in [2.24, 2.45) is 0 Å². The highest BCUT2D eigenvalue weighted by atomic mass is 16.2. The van der Waals surface area contributed by atoms with Crippen LogP contribution >= 0.6 is 0 Å². The first-order valence-electron chi connectivity index (χ1n) is 10.6. The number of pyridine rings is 1. The van der Waals surface area contributed by atoms with Gasteiger partial charge in [-0.05, 0) is 18.1 Å². The second-order valence-electron chi connectivity index (χ2n) is 7.61. The van der Waals surface area contributed by atoms with Crippen molar-refractivity contribution in [3.63, 3.8) is 0 Å². The highest BCUT2D eigenvalue weighted by molar-refractivity contribution is 5.94. The van der Waals surface area contributed by atoms with Gasteiger partial charge in [0, 0.05) is 52.5 Å². The number of anilines is 1. The predicted molar refractivity (Wildman–Crippen MR) is 120 cm³/mol. The number of benzene rings is 1. The number of unbranched alkanes of at least 4 members (excludes halogenated alkanes) is 1. The zero-order chi connectivity index (χ0) is 20.5. The van der Waals surface area contributed by atoms with Gasteiger partial charge in [-0.15, -0.1) is 0 Å². The lowest BCUT2D eigenvalue weighted by atomic mass is 10.2. The van der Waals surface area contributed by atoms with Gasteiger partial charge in [0.15, 0.2) is 0 Å². The summed E-state index contributed by atoms with van der Waals surface area (Å²) in [6.45, 7) is 7.38. The van der Waals surface area contributed by atoms with E-state index in [2.05, 4.69) is 65.2 Å². The minimum Gasteiger partial charge on any atom is -0.373 e. The number of carbonyl (C=O) groups excluding carboxylic acids is 1. The van der Waals surface area contributed by atoms with Gasteiger partial charge < -0.3 is 9.80 Å². The van der Waals surface area contributed by atoms with E-state index >= 15 is 0 Å². The molecule has 5 nitrogen and oxygen atoms in total. The molecule has 2 aromatic rings. The molecule has 0 saturated carbocycles. The molecule has 0 atom stereocenters. The normalized spacial score (nSPS) is 15.0. The van der Waals surface area contributed by atoms with E-state index in [1.54, 1.807) is 6.20 Å². The second-order valence-corrected chi connectivity index (χ2v) is 7.61. The number of piperazine rings is 1. The number of carbonyl (C=O) groups is 1. The first kappa shape index (κ1) is 21.1. The van der Waals surface area contributed by atoms with Crippen LogP contribution in [0, 0.1) is 0 Å². The van der Waals surface area contributed by atoms with Gasteiger partial charge in [0.25, 0.3) is 5.91 Å². The molecule has 3 rings (SSSR count). The Morgan fingerprint density at radius 1 is 1.14 bits per heavy atom. The molecule has 2 heterocycles. The van der Waals surface area contributed by atoms with E-state index in [4.69, 9.17) is 0 Å². The lowest BCUT2D eigenvalue weighted by Gasteiger charge is -2.34. The van der Waals surface area contributed by atoms with Gasteiger partial charge in [0.1, 0.15) is 0 Å². The predicted octanol–water partition coefficient (Wildman–Crippen LogP) is 3.79. The van der Waals surface area contributed by atoms with E-state index in [0.717, 1.165) is 57.8 Å². The highest BCUT2D eigenvalue weighted by Gasteiger charge is 2.22. The molecule has 0 unspecified atom stereocenters. The molecule has 29 heavy (non-hydrogen) atoms. The van der Waals surface area contributed by atoms with Gasteiger partial charge in [-0.2, -0.15) is 0 Å². The van der Waals surface area contributed by atoms with Crippen LogP contribution in [0.1, 0.15) is 35.7 Å². The van der Waals surface area contributed by atoms with Crippen LogP contribution in [-0.4, -0.2) is 67.0 Å². The van der Waals surface area contributed by atoms with Gasteiger partial charge in [-0.3, -0.25) is 14.7 Å². The Labute approximate surface area is 174 Å². The third kappa shape index (κ3) is 6.16. The Morgan fingerprint density at radius 2 is 1.90 bits per heavy atom. The second kappa shape index (κ2) is 10.8. The molecule has 1 amide bonds. The van der Waals surface area contributed by atoms with Crippen molar-refractivity contribution in [3.05, 3.63) is 66.0 Å². The highest BCUT2D eigenvalue weighted by Crippen LogP contribution is 2.16.